The summed E-state index contributed by atoms with van der Waals surface area (Å²) in [5, 5.41) is 0. The molecule has 0 fully saturated rings. The van der Waals surface area contributed by atoms with Gasteiger partial charge in [0.1, 0.15) is 0 Å². The van der Waals surface area contributed by atoms with E-state index in [1.165, 1.54) is 6.42 Å². The maximum absolute atomic E-state index is 2.12. The molecule has 0 saturated heterocycles. The smallest absolute Gasteiger partial charge is 0 e. The van der Waals surface area contributed by atoms with Crippen molar-refractivity contribution >= 4 is 0 Å². The largest absolute Gasteiger partial charge is 0.0656 e. The van der Waals surface area contributed by atoms with Gasteiger partial charge in [-0.3, -0.25) is 0 Å². The fourth-order valence-electron chi connectivity index (χ4n) is 0. The van der Waals surface area contributed by atoms with E-state index in [1.807, 2.05) is 0 Å². The first-order valence-electron chi connectivity index (χ1n) is 1.41. The van der Waals surface area contributed by atoms with Gasteiger partial charge in [-0.15, -0.1) is 0 Å². The second kappa shape index (κ2) is 19.2. The molecule has 0 nitrogen and oxygen atoms in total. The molecule has 0 aromatic heterocycles. The summed E-state index contributed by atoms with van der Waals surface area (Å²) in [5.41, 5.74) is 0. The van der Waals surface area contributed by atoms with Crippen molar-refractivity contribution in [2.24, 2.45) is 0 Å². The standard InChI is InChI=1S/C3H8.Mn.Zn/c1-3-2;;/h3H2,1-2H3;;. The summed E-state index contributed by atoms with van der Waals surface area (Å²) in [6.45, 7) is 4.25. The van der Waals surface area contributed by atoms with Crippen molar-refractivity contribution < 1.29 is 36.5 Å². The number of rotatable bonds is 0. The van der Waals surface area contributed by atoms with Crippen LogP contribution in [-0.4, -0.2) is 0 Å². The molecule has 0 N–H and O–H groups in total. The molecule has 1 radical (unpaired) electrons. The zero-order valence-corrected chi connectivity index (χ0v) is 7.94. The quantitative estimate of drug-likeness (QED) is 0.475. The fraction of sp³-hybridized carbons (Fsp3) is 1.00. The summed E-state index contributed by atoms with van der Waals surface area (Å²) in [6, 6.07) is 0. The van der Waals surface area contributed by atoms with Gasteiger partial charge < -0.3 is 0 Å². The molecule has 0 atom stereocenters. The Labute approximate surface area is 56.9 Å². The molecule has 0 spiro atoms. The summed E-state index contributed by atoms with van der Waals surface area (Å²) in [6.07, 6.45) is 1.25. The van der Waals surface area contributed by atoms with E-state index in [0.29, 0.717) is 0 Å². The van der Waals surface area contributed by atoms with Crippen LogP contribution in [0.3, 0.4) is 0 Å². The fourth-order valence-corrected chi connectivity index (χ4v) is 0. The van der Waals surface area contributed by atoms with Gasteiger partial charge in [-0.1, -0.05) is 20.3 Å². The maximum Gasteiger partial charge on any atom is 0 e. The Morgan fingerprint density at radius 1 is 1.20 bits per heavy atom. The van der Waals surface area contributed by atoms with Crippen molar-refractivity contribution in [3.8, 4) is 0 Å². The molecule has 0 saturated carbocycles. The van der Waals surface area contributed by atoms with Crippen molar-refractivity contribution in [2.75, 3.05) is 0 Å². The summed E-state index contributed by atoms with van der Waals surface area (Å²) in [4.78, 5) is 0. The van der Waals surface area contributed by atoms with E-state index in [4.69, 9.17) is 0 Å². The van der Waals surface area contributed by atoms with E-state index < -0.39 is 0 Å². The van der Waals surface area contributed by atoms with Crippen LogP contribution in [-0.2, 0) is 36.5 Å². The Bertz CT molecular complexity index is 6.85. The molecular weight excluding hydrogens is 156 g/mol. The second-order valence-electron chi connectivity index (χ2n) is 0.707. The van der Waals surface area contributed by atoms with E-state index >= 15 is 0 Å². The van der Waals surface area contributed by atoms with Crippen LogP contribution in [0.5, 0.6) is 0 Å². The van der Waals surface area contributed by atoms with Gasteiger partial charge >= 0.3 is 0 Å². The van der Waals surface area contributed by atoms with Gasteiger partial charge in [0.25, 0.3) is 0 Å². The molecule has 0 aliphatic heterocycles. The third-order valence-corrected chi connectivity index (χ3v) is 0. The minimum absolute atomic E-state index is 0. The Kier molecular flexibility index (Phi) is 63.2. The van der Waals surface area contributed by atoms with Crippen molar-refractivity contribution in [3.05, 3.63) is 0 Å². The van der Waals surface area contributed by atoms with Crippen molar-refractivity contribution in [1.29, 1.82) is 0 Å². The van der Waals surface area contributed by atoms with Crippen LogP contribution < -0.4 is 0 Å². The minimum atomic E-state index is 0. The van der Waals surface area contributed by atoms with Gasteiger partial charge in [-0.2, -0.15) is 0 Å². The average Bonchev–Trinajstić information content (AvgIpc) is 0.918. The maximum atomic E-state index is 2.12. The predicted molar refractivity (Wildman–Crippen MR) is 16.0 cm³/mol. The Balaban J connectivity index is -0.0000000200. The first-order valence-corrected chi connectivity index (χ1v) is 1.41. The van der Waals surface area contributed by atoms with Crippen LogP contribution in [0.4, 0.5) is 0 Å². The molecular formula is C3H8MnZn. The van der Waals surface area contributed by atoms with E-state index in [9.17, 15) is 0 Å². The zero-order chi connectivity index (χ0) is 2.71. The van der Waals surface area contributed by atoms with Gasteiger partial charge in [-0.25, -0.2) is 0 Å². The molecule has 0 unspecified atom stereocenters. The van der Waals surface area contributed by atoms with Gasteiger partial charge in [0.05, 0.1) is 0 Å². The topological polar surface area (TPSA) is 0 Å². The minimum Gasteiger partial charge on any atom is -0.0656 e. The summed E-state index contributed by atoms with van der Waals surface area (Å²) >= 11 is 0. The van der Waals surface area contributed by atoms with Crippen LogP contribution in [0.15, 0.2) is 0 Å². The average molecular weight is 164 g/mol. The Morgan fingerprint density at radius 2 is 1.20 bits per heavy atom. The van der Waals surface area contributed by atoms with Crippen molar-refractivity contribution in [3.63, 3.8) is 0 Å². The SMILES string of the molecule is CCC.[Mn].[Zn]. The number of hydrogen-bond donors (Lipinski definition) is 0. The predicted octanol–water partition coefficient (Wildman–Crippen LogP) is 1.41. The molecule has 2 heteroatoms. The summed E-state index contributed by atoms with van der Waals surface area (Å²) in [7, 11) is 0. The molecule has 0 aliphatic carbocycles. The van der Waals surface area contributed by atoms with E-state index in [-0.39, 0.29) is 36.5 Å². The van der Waals surface area contributed by atoms with Gasteiger partial charge in [0, 0.05) is 36.5 Å². The third kappa shape index (κ3) is 38.9. The van der Waals surface area contributed by atoms with Crippen molar-refractivity contribution in [1.82, 2.24) is 0 Å². The second-order valence-corrected chi connectivity index (χ2v) is 0.707. The summed E-state index contributed by atoms with van der Waals surface area (Å²) in [5.74, 6) is 0. The molecule has 29 valence electrons. The van der Waals surface area contributed by atoms with Crippen LogP contribution >= 0.6 is 0 Å². The molecule has 0 aromatic carbocycles. The summed E-state index contributed by atoms with van der Waals surface area (Å²) < 4.78 is 0. The molecule has 0 heterocycles. The van der Waals surface area contributed by atoms with E-state index in [2.05, 4.69) is 13.8 Å². The first-order chi connectivity index (χ1) is 1.41. The molecule has 5 heavy (non-hydrogen) atoms. The Morgan fingerprint density at radius 3 is 1.20 bits per heavy atom. The zero-order valence-electron chi connectivity index (χ0n) is 3.79. The third-order valence-electron chi connectivity index (χ3n) is 0. The van der Waals surface area contributed by atoms with E-state index in [1.54, 1.807) is 0 Å². The molecule has 0 aliphatic rings. The molecule has 0 rings (SSSR count). The van der Waals surface area contributed by atoms with E-state index in [0.717, 1.165) is 0 Å². The van der Waals surface area contributed by atoms with Gasteiger partial charge in [0.2, 0.25) is 0 Å². The number of hydrogen-bond acceptors (Lipinski definition) is 0. The van der Waals surface area contributed by atoms with Crippen LogP contribution in [0.25, 0.3) is 0 Å². The van der Waals surface area contributed by atoms with Gasteiger partial charge in [-0.05, 0) is 0 Å². The molecule has 0 bridgehead atoms. The first kappa shape index (κ1) is 16.4. The van der Waals surface area contributed by atoms with Crippen molar-refractivity contribution in [2.45, 2.75) is 20.3 Å². The molecule has 0 aromatic rings. The molecule has 0 amide bonds. The van der Waals surface area contributed by atoms with Gasteiger partial charge in [0.15, 0.2) is 0 Å². The monoisotopic (exact) mass is 163 g/mol. The van der Waals surface area contributed by atoms with Crippen LogP contribution in [0.2, 0.25) is 0 Å². The van der Waals surface area contributed by atoms with Crippen LogP contribution in [0, 0.1) is 0 Å². The normalized spacial score (nSPS) is 3.60. The van der Waals surface area contributed by atoms with Crippen LogP contribution in [0.1, 0.15) is 20.3 Å². The Hall–Kier alpha value is 1.14.